The van der Waals surface area contributed by atoms with E-state index >= 15 is 0 Å². The second-order valence-electron chi connectivity index (χ2n) is 3.38. The van der Waals surface area contributed by atoms with E-state index in [4.69, 9.17) is 21.7 Å². The van der Waals surface area contributed by atoms with Gasteiger partial charge in [0.05, 0.1) is 24.4 Å². The molecule has 0 radical (unpaired) electrons. The van der Waals surface area contributed by atoms with E-state index in [2.05, 4.69) is 0 Å². The Balaban J connectivity index is -0.000000126. The van der Waals surface area contributed by atoms with Crippen molar-refractivity contribution >= 4 is 23.9 Å². The van der Waals surface area contributed by atoms with Gasteiger partial charge in [-0.15, -0.1) is 0 Å². The predicted octanol–water partition coefficient (Wildman–Crippen LogP) is -10.5. The Labute approximate surface area is 164 Å². The van der Waals surface area contributed by atoms with Gasteiger partial charge in [-0.2, -0.15) is 0 Å². The molecule has 0 aromatic rings. The summed E-state index contributed by atoms with van der Waals surface area (Å²) >= 11 is 0. The third kappa shape index (κ3) is 22.2. The Morgan fingerprint density at radius 1 is 0.857 bits per heavy atom. The van der Waals surface area contributed by atoms with Gasteiger partial charge in [0.2, 0.25) is 0 Å². The van der Waals surface area contributed by atoms with Gasteiger partial charge < -0.3 is 41.5 Å². The molecule has 0 spiro atoms. The van der Waals surface area contributed by atoms with Crippen LogP contribution in [0.15, 0.2) is 0 Å². The average Bonchev–Trinajstić information content (AvgIpc) is 2.25. The van der Waals surface area contributed by atoms with Crippen molar-refractivity contribution in [2.75, 3.05) is 0 Å². The molecule has 0 aromatic carbocycles. The molecule has 0 bridgehead atoms. The van der Waals surface area contributed by atoms with E-state index in [9.17, 15) is 29.4 Å². The molecule has 0 saturated heterocycles. The Morgan fingerprint density at radius 2 is 1.24 bits per heavy atom. The van der Waals surface area contributed by atoms with Crippen LogP contribution in [0.1, 0.15) is 19.3 Å². The van der Waals surface area contributed by atoms with Crippen LogP contribution < -0.4 is 80.8 Å². The first-order valence-corrected chi connectivity index (χ1v) is 4.94. The first kappa shape index (κ1) is 28.9. The maximum atomic E-state index is 9.88. The number of nitrogens with two attached hydrogens (primary N) is 2. The number of hydrogen-bond donors (Lipinski definition) is 4. The minimum absolute atomic E-state index is 0. The summed E-state index contributed by atoms with van der Waals surface area (Å²) in [7, 11) is 0. The molecule has 0 saturated carbocycles. The monoisotopic (exact) mass is 324 g/mol. The fraction of sp³-hybridized carbons (Fsp3) is 0.556. The van der Waals surface area contributed by atoms with Crippen molar-refractivity contribution in [3.63, 3.8) is 0 Å². The van der Waals surface area contributed by atoms with E-state index in [-0.39, 0.29) is 72.0 Å². The van der Waals surface area contributed by atoms with Crippen LogP contribution in [0.3, 0.4) is 0 Å². The largest absolute Gasteiger partial charge is 1.00 e. The number of aliphatic carboxylic acids is 4. The summed E-state index contributed by atoms with van der Waals surface area (Å²) in [5, 5.41) is 35.7. The molecule has 0 aliphatic rings. The molecule has 6 N–H and O–H groups in total. The zero-order valence-electron chi connectivity index (χ0n) is 11.8. The fourth-order valence-electron chi connectivity index (χ4n) is 0.668. The SMILES string of the molecule is NC(CC(=O)O)C(=O)[O-].N[C@@H](CCC(=O)O)C(=O)[O-].[Na+].[Na+]. The molecular formula is C9H14N2Na2O8. The van der Waals surface area contributed by atoms with Gasteiger partial charge in [-0.25, -0.2) is 0 Å². The first-order valence-electron chi connectivity index (χ1n) is 4.94. The van der Waals surface area contributed by atoms with E-state index in [1.165, 1.54) is 0 Å². The molecule has 0 fully saturated rings. The molecule has 0 amide bonds. The van der Waals surface area contributed by atoms with Crippen molar-refractivity contribution in [2.24, 2.45) is 11.5 Å². The van der Waals surface area contributed by atoms with E-state index in [0.717, 1.165) is 0 Å². The van der Waals surface area contributed by atoms with Gasteiger partial charge >= 0.3 is 71.1 Å². The summed E-state index contributed by atoms with van der Waals surface area (Å²) in [5.74, 6) is -5.26. The Hall–Kier alpha value is -0.200. The molecule has 10 nitrogen and oxygen atoms in total. The molecule has 110 valence electrons. The van der Waals surface area contributed by atoms with Crippen LogP contribution in [0.2, 0.25) is 0 Å². The number of carbonyl (C=O) groups is 4. The second kappa shape index (κ2) is 16.2. The molecule has 0 aliphatic heterocycles. The Morgan fingerprint density at radius 3 is 1.43 bits per heavy atom. The summed E-state index contributed by atoms with van der Waals surface area (Å²) in [6, 6.07) is -2.57. The number of rotatable bonds is 7. The quantitative estimate of drug-likeness (QED) is 0.325. The minimum Gasteiger partial charge on any atom is -0.548 e. The van der Waals surface area contributed by atoms with Crippen LogP contribution in [-0.2, 0) is 19.2 Å². The van der Waals surface area contributed by atoms with Crippen LogP contribution in [0, 0.1) is 0 Å². The number of carbonyl (C=O) groups excluding carboxylic acids is 2. The number of carboxylic acids is 4. The molecule has 0 heterocycles. The Kier molecular flexibility index (Phi) is 22.3. The van der Waals surface area contributed by atoms with Gasteiger partial charge in [0.25, 0.3) is 0 Å². The van der Waals surface area contributed by atoms with E-state index in [1.54, 1.807) is 0 Å². The maximum absolute atomic E-state index is 9.88. The van der Waals surface area contributed by atoms with Gasteiger partial charge in [0, 0.05) is 12.5 Å². The summed E-state index contributed by atoms with van der Waals surface area (Å²) < 4.78 is 0. The van der Waals surface area contributed by atoms with Crippen molar-refractivity contribution in [1.29, 1.82) is 0 Å². The zero-order chi connectivity index (χ0) is 15.6. The van der Waals surface area contributed by atoms with Crippen LogP contribution in [0.25, 0.3) is 0 Å². The first-order chi connectivity index (χ1) is 8.57. The second-order valence-corrected chi connectivity index (χ2v) is 3.38. The van der Waals surface area contributed by atoms with Crippen molar-refractivity contribution in [3.05, 3.63) is 0 Å². The van der Waals surface area contributed by atoms with Crippen molar-refractivity contribution < 1.29 is 98.7 Å². The molecule has 12 heteroatoms. The molecule has 0 aliphatic carbocycles. The van der Waals surface area contributed by atoms with Crippen molar-refractivity contribution in [1.82, 2.24) is 0 Å². The normalized spacial score (nSPS) is 11.3. The van der Waals surface area contributed by atoms with Crippen LogP contribution in [0.5, 0.6) is 0 Å². The molecule has 21 heavy (non-hydrogen) atoms. The molecule has 2 atom stereocenters. The predicted molar refractivity (Wildman–Crippen MR) is 55.1 cm³/mol. The number of carboxylic acid groups (broad SMARTS) is 4. The Bertz CT molecular complexity index is 353. The van der Waals surface area contributed by atoms with Gasteiger partial charge in [0.15, 0.2) is 0 Å². The average molecular weight is 324 g/mol. The standard InChI is InChI=1S/C5H9NO4.C4H7NO4.2Na/c6-3(5(9)10)1-2-4(7)8;5-2(4(8)9)1-3(6)7;;/h3H,1-2,6H2,(H,7,8)(H,9,10);2H,1,5H2,(H,6,7)(H,8,9);;/q;;2*+1/p-2/t3-;;;/m0.../s1. The summed E-state index contributed by atoms with van der Waals surface area (Å²) in [5.41, 5.74) is 9.71. The topological polar surface area (TPSA) is 207 Å². The van der Waals surface area contributed by atoms with Crippen LogP contribution in [0.4, 0.5) is 0 Å². The molecular weight excluding hydrogens is 310 g/mol. The van der Waals surface area contributed by atoms with Gasteiger partial charge in [-0.05, 0) is 6.42 Å². The maximum Gasteiger partial charge on any atom is 1.00 e. The minimum atomic E-state index is -1.54. The van der Waals surface area contributed by atoms with E-state index in [0.29, 0.717) is 0 Å². The third-order valence-electron chi connectivity index (χ3n) is 1.67. The summed E-state index contributed by atoms with van der Waals surface area (Å²) in [6.45, 7) is 0. The van der Waals surface area contributed by atoms with Gasteiger partial charge in [-0.1, -0.05) is 0 Å². The van der Waals surface area contributed by atoms with Crippen molar-refractivity contribution in [2.45, 2.75) is 31.3 Å². The van der Waals surface area contributed by atoms with E-state index in [1.807, 2.05) is 0 Å². The fourth-order valence-corrected chi connectivity index (χ4v) is 0.668. The van der Waals surface area contributed by atoms with Gasteiger partial charge in [-0.3, -0.25) is 9.59 Å². The third-order valence-corrected chi connectivity index (χ3v) is 1.67. The summed E-state index contributed by atoms with van der Waals surface area (Å²) in [6.07, 6.45) is -0.921. The van der Waals surface area contributed by atoms with Crippen molar-refractivity contribution in [3.8, 4) is 0 Å². The summed E-state index contributed by atoms with van der Waals surface area (Å²) in [4.78, 5) is 39.2. The molecule has 1 unspecified atom stereocenters. The van der Waals surface area contributed by atoms with E-state index < -0.39 is 42.4 Å². The zero-order valence-corrected chi connectivity index (χ0v) is 15.8. The molecule has 0 aromatic heterocycles. The van der Waals surface area contributed by atoms with Crippen LogP contribution in [-0.4, -0.2) is 46.2 Å². The molecule has 0 rings (SSSR count). The van der Waals surface area contributed by atoms with Crippen LogP contribution >= 0.6 is 0 Å². The van der Waals surface area contributed by atoms with Gasteiger partial charge in [0.1, 0.15) is 0 Å². The smallest absolute Gasteiger partial charge is 0.548 e. The number of hydrogen-bond acceptors (Lipinski definition) is 8.